The number of nitrogens with one attached hydrogen (secondary N) is 5. The van der Waals surface area contributed by atoms with E-state index in [0.717, 1.165) is 32.0 Å². The van der Waals surface area contributed by atoms with Gasteiger partial charge in [-0.25, -0.2) is 4.98 Å². The van der Waals surface area contributed by atoms with Gasteiger partial charge in [0.1, 0.15) is 17.8 Å². The molecule has 1 aliphatic heterocycles. The maximum absolute atomic E-state index is 12.4. The topological polar surface area (TPSA) is 210 Å². The van der Waals surface area contributed by atoms with E-state index in [1.165, 1.54) is 19.2 Å². The molecule has 3 heterocycles. The molecule has 0 bridgehead atoms. The Balaban J connectivity index is 0.000000286. The van der Waals surface area contributed by atoms with Crippen molar-refractivity contribution in [3.05, 3.63) is 75.6 Å². The molecule has 1 aromatic carbocycles. The molecule has 1 unspecified atom stereocenters. The molecule has 5 N–H and O–H groups in total. The van der Waals surface area contributed by atoms with Crippen LogP contribution in [0, 0.1) is 11.8 Å². The summed E-state index contributed by atoms with van der Waals surface area (Å²) in [5.41, 5.74) is 1.11. The first-order valence-electron chi connectivity index (χ1n) is 20.0. The van der Waals surface area contributed by atoms with E-state index in [0.29, 0.717) is 55.6 Å². The number of carbonyl (C=O) groups excluding carboxylic acids is 6. The van der Waals surface area contributed by atoms with E-state index >= 15 is 0 Å². The van der Waals surface area contributed by atoms with Crippen molar-refractivity contribution in [3.63, 3.8) is 0 Å². The van der Waals surface area contributed by atoms with E-state index in [1.807, 2.05) is 25.2 Å². The highest BCUT2D eigenvalue weighted by molar-refractivity contribution is 6.45. The number of ether oxygens (including phenoxy) is 2. The molecule has 2 aromatic heterocycles. The maximum Gasteiger partial charge on any atom is 0.269 e. The minimum Gasteiger partial charge on any atom is -0.380 e. The highest BCUT2D eigenvalue weighted by Crippen LogP contribution is 2.39. The summed E-state index contributed by atoms with van der Waals surface area (Å²) < 4.78 is 10.7. The predicted molar refractivity (Wildman–Crippen MR) is 234 cm³/mol. The molecule has 1 atom stereocenters. The van der Waals surface area contributed by atoms with E-state index in [2.05, 4.69) is 36.6 Å². The van der Waals surface area contributed by atoms with Crippen LogP contribution in [0.5, 0.6) is 0 Å². The number of aldehydes is 1. The van der Waals surface area contributed by atoms with Gasteiger partial charge in [0.2, 0.25) is 23.6 Å². The van der Waals surface area contributed by atoms with Gasteiger partial charge in [-0.3, -0.25) is 29.0 Å². The first-order chi connectivity index (χ1) is 29.4. The molecule has 16 nitrogen and oxygen atoms in total. The van der Waals surface area contributed by atoms with Crippen LogP contribution in [0.25, 0.3) is 11.1 Å². The van der Waals surface area contributed by atoms with Crippen LogP contribution >= 0.6 is 34.8 Å². The highest BCUT2D eigenvalue weighted by Gasteiger charge is 2.31. The van der Waals surface area contributed by atoms with Crippen LogP contribution < -0.4 is 26.6 Å². The molecule has 0 spiro atoms. The highest BCUT2D eigenvalue weighted by atomic mass is 35.5. The molecule has 5 rings (SSSR count). The van der Waals surface area contributed by atoms with E-state index in [9.17, 15) is 28.8 Å². The molecule has 61 heavy (non-hydrogen) atoms. The van der Waals surface area contributed by atoms with E-state index < -0.39 is 5.91 Å². The summed E-state index contributed by atoms with van der Waals surface area (Å²) in [6.45, 7) is 2.90. The zero-order chi connectivity index (χ0) is 44.6. The van der Waals surface area contributed by atoms with Crippen molar-refractivity contribution >= 4 is 76.4 Å². The number of nitrogens with zero attached hydrogens (tertiary/aromatic N) is 3. The fraction of sp³-hybridized carbons (Fsp3) is 0.476. The van der Waals surface area contributed by atoms with Gasteiger partial charge < -0.3 is 45.8 Å². The quantitative estimate of drug-likeness (QED) is 0.0678. The van der Waals surface area contributed by atoms with Crippen molar-refractivity contribution in [3.8, 4) is 11.1 Å². The zero-order valence-corrected chi connectivity index (χ0v) is 36.9. The lowest BCUT2D eigenvalue weighted by Crippen LogP contribution is -2.38. The number of benzene rings is 1. The van der Waals surface area contributed by atoms with Crippen LogP contribution in [0.15, 0.2) is 54.9 Å². The Bertz CT molecular complexity index is 1860. The summed E-state index contributed by atoms with van der Waals surface area (Å²) in [6, 6.07) is 12.2. The Morgan fingerprint density at radius 1 is 0.869 bits per heavy atom. The number of rotatable bonds is 18. The maximum atomic E-state index is 12.4. The molecule has 2 fully saturated rings. The number of amides is 5. The SMILES string of the molecule is CN1CC(C(=O)NCCOCCC(=O)NC2CCC(C=O)CC2)CC1=O.CNCCOCCC(=O)Nc1nc(C(=O)NC)ccc1-c1cc(Cl)cc(Cl)c1Cl.c1ccncc1. The van der Waals surface area contributed by atoms with E-state index in [-0.39, 0.29) is 88.9 Å². The summed E-state index contributed by atoms with van der Waals surface area (Å²) in [7, 11) is 5.00. The lowest BCUT2D eigenvalue weighted by atomic mass is 9.87. The number of hydrogen-bond acceptors (Lipinski definition) is 11. The monoisotopic (exact) mass is 904 g/mol. The van der Waals surface area contributed by atoms with Gasteiger partial charge in [-0.1, -0.05) is 40.9 Å². The average molecular weight is 906 g/mol. The summed E-state index contributed by atoms with van der Waals surface area (Å²) in [4.78, 5) is 79.9. The molecule has 1 aliphatic carbocycles. The molecular weight excluding hydrogens is 851 g/mol. The first kappa shape index (κ1) is 50.6. The van der Waals surface area contributed by atoms with Gasteiger partial charge in [0.05, 0.1) is 48.8 Å². The van der Waals surface area contributed by atoms with E-state index in [4.69, 9.17) is 44.3 Å². The van der Waals surface area contributed by atoms with Crippen molar-refractivity contribution < 1.29 is 38.2 Å². The molecule has 5 amide bonds. The number of aromatic nitrogens is 2. The smallest absolute Gasteiger partial charge is 0.269 e. The Kier molecular flexibility index (Phi) is 23.2. The number of halogens is 3. The Hall–Kier alpha value is -4.71. The summed E-state index contributed by atoms with van der Waals surface area (Å²) in [5, 5.41) is 14.8. The van der Waals surface area contributed by atoms with Gasteiger partial charge in [-0.2, -0.15) is 0 Å². The van der Waals surface area contributed by atoms with Crippen LogP contribution in [0.4, 0.5) is 5.82 Å². The van der Waals surface area contributed by atoms with Gasteiger partial charge in [0, 0.05) is 87.1 Å². The molecule has 19 heteroatoms. The zero-order valence-electron chi connectivity index (χ0n) is 34.6. The Morgan fingerprint density at radius 3 is 2.11 bits per heavy atom. The van der Waals surface area contributed by atoms with Gasteiger partial charge in [-0.15, -0.1) is 0 Å². The molecule has 0 radical (unpaired) electrons. The second kappa shape index (κ2) is 28.0. The van der Waals surface area contributed by atoms with Crippen LogP contribution in [0.1, 0.15) is 55.4 Å². The first-order valence-corrected chi connectivity index (χ1v) is 21.1. The third-order valence-corrected chi connectivity index (χ3v) is 10.5. The van der Waals surface area contributed by atoms with Gasteiger partial charge in [0.25, 0.3) is 5.91 Å². The summed E-state index contributed by atoms with van der Waals surface area (Å²) in [5.74, 6) is -0.860. The standard InChI is InChI=1S/C19H21Cl3N4O3.C18H29N3O5.C5H5N/c1-23-6-8-29-7-5-16(27)26-18-12(3-4-15(25-18)19(28)24-2)13-9-11(20)10-14(21)17(13)22;1-21-11-14(10-17(21)24)18(25)19-7-9-26-8-6-16(23)20-15-4-2-13(12-22)3-5-15;1-2-4-6-5-3-1/h3-4,9-10,23H,5-8H2,1-2H3,(H,24,28)(H,25,26,27);12-15H,2-11H2,1H3,(H,19,25)(H,20,23);1-5H. The molecule has 1 saturated heterocycles. The van der Waals surface area contributed by atoms with Crippen molar-refractivity contribution in [1.82, 2.24) is 36.1 Å². The lowest BCUT2D eigenvalue weighted by molar-refractivity contribution is -0.128. The van der Waals surface area contributed by atoms with Crippen LogP contribution in [0.2, 0.25) is 15.1 Å². The van der Waals surface area contributed by atoms with Gasteiger partial charge in [-0.05, 0) is 69.1 Å². The van der Waals surface area contributed by atoms with E-state index in [1.54, 1.807) is 36.5 Å². The Morgan fingerprint density at radius 2 is 1.54 bits per heavy atom. The molecular formula is C42H55Cl3N8O8. The van der Waals surface area contributed by atoms with Crippen LogP contribution in [-0.4, -0.2) is 124 Å². The number of pyridine rings is 2. The van der Waals surface area contributed by atoms with Crippen molar-refractivity contribution in [2.75, 3.05) is 72.5 Å². The van der Waals surface area contributed by atoms with Crippen LogP contribution in [-0.2, 0) is 33.4 Å². The summed E-state index contributed by atoms with van der Waals surface area (Å²) in [6.07, 6.45) is 8.55. The molecule has 332 valence electrons. The van der Waals surface area contributed by atoms with Gasteiger partial charge in [0.15, 0.2) is 0 Å². The minimum absolute atomic E-state index is 0.00735. The second-order valence-electron chi connectivity index (χ2n) is 14.1. The number of hydrogen-bond donors (Lipinski definition) is 5. The number of likely N-dealkylation sites (tertiary alicyclic amines) is 1. The molecule has 1 saturated carbocycles. The average Bonchev–Trinajstić information content (AvgIpc) is 3.61. The number of carbonyl (C=O) groups is 6. The van der Waals surface area contributed by atoms with Gasteiger partial charge >= 0.3 is 0 Å². The predicted octanol–water partition coefficient (Wildman–Crippen LogP) is 4.58. The second-order valence-corrected chi connectivity index (χ2v) is 15.3. The lowest BCUT2D eigenvalue weighted by Gasteiger charge is -2.26. The third kappa shape index (κ3) is 18.4. The van der Waals surface area contributed by atoms with Crippen molar-refractivity contribution in [1.29, 1.82) is 0 Å². The van der Waals surface area contributed by atoms with Crippen LogP contribution in [0.3, 0.4) is 0 Å². The minimum atomic E-state index is -0.391. The molecule has 3 aromatic rings. The van der Waals surface area contributed by atoms with Crippen molar-refractivity contribution in [2.45, 2.75) is 51.0 Å². The summed E-state index contributed by atoms with van der Waals surface area (Å²) >= 11 is 18.6. The number of anilines is 1. The largest absolute Gasteiger partial charge is 0.380 e. The normalized spacial score (nSPS) is 16.9. The number of likely N-dealkylation sites (N-methyl/N-ethyl adjacent to an activating group) is 1. The Labute approximate surface area is 371 Å². The fourth-order valence-electron chi connectivity index (χ4n) is 6.12. The molecule has 2 aliphatic rings. The third-order valence-electron chi connectivity index (χ3n) is 9.49. The fourth-order valence-corrected chi connectivity index (χ4v) is 6.83. The van der Waals surface area contributed by atoms with Crippen molar-refractivity contribution in [2.24, 2.45) is 11.8 Å².